The lowest BCUT2D eigenvalue weighted by molar-refractivity contribution is -0.151. The lowest BCUT2D eigenvalue weighted by atomic mass is 9.99. The van der Waals surface area contributed by atoms with Gasteiger partial charge in [-0.2, -0.15) is 0 Å². The van der Waals surface area contributed by atoms with Crippen molar-refractivity contribution < 1.29 is 19.5 Å². The zero-order valence-electron chi connectivity index (χ0n) is 8.10. The molecule has 0 radical (unpaired) electrons. The Labute approximate surface area is 86.8 Å². The fraction of sp³-hybridized carbons (Fsp3) is 0.714. The molecule has 80 valence electrons. The number of nitrogens with zero attached hydrogens (tertiary/aromatic N) is 1. The number of hydrogen-bond acceptors (Lipinski definition) is 5. The number of carbonyl (C=O) groups is 2. The quantitative estimate of drug-likeness (QED) is 0.637. The van der Waals surface area contributed by atoms with E-state index >= 15 is 0 Å². The number of carbonyl (C=O) groups excluding carboxylic acids is 1. The zero-order chi connectivity index (χ0) is 11.4. The number of rotatable bonds is 5. The van der Waals surface area contributed by atoms with Gasteiger partial charge in [0.05, 0.1) is 12.4 Å². The lowest BCUT2D eigenvalue weighted by Crippen LogP contribution is -2.54. The highest BCUT2D eigenvalue weighted by Gasteiger charge is 2.38. The summed E-state index contributed by atoms with van der Waals surface area (Å²) in [7, 11) is 0. The molecule has 0 aliphatic heterocycles. The third-order valence-corrected chi connectivity index (χ3v) is 1.64. The fourth-order valence-electron chi connectivity index (χ4n) is 0.885. The Bertz CT molecular complexity index is 254. The van der Waals surface area contributed by atoms with Gasteiger partial charge in [-0.1, -0.05) is 0 Å². The molecule has 0 aliphatic carbocycles. The first kappa shape index (κ1) is 12.8. The van der Waals surface area contributed by atoms with E-state index in [9.17, 15) is 9.59 Å². The van der Waals surface area contributed by atoms with Gasteiger partial charge in [0, 0.05) is 6.92 Å². The first-order valence-electron chi connectivity index (χ1n) is 3.82. The molecule has 14 heavy (non-hydrogen) atoms. The van der Waals surface area contributed by atoms with Gasteiger partial charge >= 0.3 is 5.97 Å². The molecule has 0 saturated carbocycles. The van der Waals surface area contributed by atoms with E-state index in [0.717, 1.165) is 0 Å². The number of carboxylic acids is 1. The van der Waals surface area contributed by atoms with Crippen LogP contribution in [0.25, 0.3) is 0 Å². The minimum absolute atomic E-state index is 0.460. The van der Waals surface area contributed by atoms with E-state index in [4.69, 9.17) is 9.94 Å². The van der Waals surface area contributed by atoms with Crippen LogP contribution in [0.3, 0.4) is 0 Å². The van der Waals surface area contributed by atoms with Crippen molar-refractivity contribution in [1.29, 1.82) is 0 Å². The van der Waals surface area contributed by atoms with Gasteiger partial charge in [-0.3, -0.25) is 4.79 Å². The standard InChI is InChI=1S/C7H12N2O4S/c1-4(10)8-5(6(11)12)7(2,3)13-9-14/h5H,1-3H3,(H,8,10)(H,11,12). The molecule has 2 N–H and O–H groups in total. The molecule has 1 atom stereocenters. The van der Waals surface area contributed by atoms with Crippen molar-refractivity contribution in [1.82, 2.24) is 5.32 Å². The highest BCUT2D eigenvalue weighted by molar-refractivity contribution is 7.47. The van der Waals surface area contributed by atoms with Crippen LogP contribution in [0.15, 0.2) is 4.53 Å². The second kappa shape index (κ2) is 4.85. The Hall–Kier alpha value is -1.24. The molecule has 0 aliphatic rings. The van der Waals surface area contributed by atoms with Crippen molar-refractivity contribution in [2.24, 2.45) is 4.53 Å². The molecule has 0 bridgehead atoms. The van der Waals surface area contributed by atoms with Gasteiger partial charge < -0.3 is 15.3 Å². The average molecular weight is 220 g/mol. The summed E-state index contributed by atoms with van der Waals surface area (Å²) < 4.78 is 2.99. The summed E-state index contributed by atoms with van der Waals surface area (Å²) in [6.45, 7) is 4.16. The van der Waals surface area contributed by atoms with Crippen LogP contribution in [-0.4, -0.2) is 28.6 Å². The smallest absolute Gasteiger partial charge is 0.330 e. The van der Waals surface area contributed by atoms with E-state index in [1.807, 2.05) is 0 Å². The van der Waals surface area contributed by atoms with Crippen molar-refractivity contribution in [2.75, 3.05) is 0 Å². The minimum Gasteiger partial charge on any atom is -0.480 e. The summed E-state index contributed by atoms with van der Waals surface area (Å²) >= 11 is 4.22. The molecular weight excluding hydrogens is 208 g/mol. The van der Waals surface area contributed by atoms with Gasteiger partial charge in [-0.15, -0.1) is 0 Å². The first-order chi connectivity index (χ1) is 6.31. The SMILES string of the molecule is CC(=O)NC(C(=O)O)C(C)(C)ON=S. The maximum atomic E-state index is 10.8. The van der Waals surface area contributed by atoms with E-state index in [1.54, 1.807) is 0 Å². The van der Waals surface area contributed by atoms with Gasteiger partial charge in [-0.05, 0) is 18.4 Å². The largest absolute Gasteiger partial charge is 0.480 e. The molecule has 0 aromatic heterocycles. The predicted molar refractivity (Wildman–Crippen MR) is 50.2 cm³/mol. The first-order valence-corrected chi connectivity index (χ1v) is 4.18. The van der Waals surface area contributed by atoms with Crippen molar-refractivity contribution >= 4 is 24.3 Å². The summed E-state index contributed by atoms with van der Waals surface area (Å²) in [6.07, 6.45) is 0. The molecular formula is C7H12N2O4S. The van der Waals surface area contributed by atoms with Crippen LogP contribution in [0.1, 0.15) is 20.8 Å². The van der Waals surface area contributed by atoms with Crippen LogP contribution in [0.2, 0.25) is 0 Å². The molecule has 1 amide bonds. The van der Waals surface area contributed by atoms with Crippen molar-refractivity contribution in [3.05, 3.63) is 0 Å². The summed E-state index contributed by atoms with van der Waals surface area (Å²) in [5, 5.41) is 11.0. The zero-order valence-corrected chi connectivity index (χ0v) is 8.92. The van der Waals surface area contributed by atoms with Crippen LogP contribution in [0.4, 0.5) is 0 Å². The maximum absolute atomic E-state index is 10.8. The van der Waals surface area contributed by atoms with Gasteiger partial charge in [0.15, 0.2) is 11.6 Å². The second-order valence-corrected chi connectivity index (χ2v) is 3.39. The molecule has 0 rings (SSSR count). The molecule has 0 heterocycles. The maximum Gasteiger partial charge on any atom is 0.330 e. The van der Waals surface area contributed by atoms with Gasteiger partial charge in [0.2, 0.25) is 5.91 Å². The molecule has 7 heteroatoms. The normalized spacial score (nSPS) is 12.8. The highest BCUT2D eigenvalue weighted by atomic mass is 32.1. The molecule has 0 aromatic rings. The Kier molecular flexibility index (Phi) is 4.42. The highest BCUT2D eigenvalue weighted by Crippen LogP contribution is 2.15. The van der Waals surface area contributed by atoms with E-state index < -0.39 is 23.5 Å². The number of carboxylic acid groups (broad SMARTS) is 1. The van der Waals surface area contributed by atoms with E-state index in [-0.39, 0.29) is 0 Å². The van der Waals surface area contributed by atoms with E-state index in [2.05, 4.69) is 22.3 Å². The van der Waals surface area contributed by atoms with E-state index in [1.165, 1.54) is 20.8 Å². The Morgan fingerprint density at radius 3 is 2.36 bits per heavy atom. The third kappa shape index (κ3) is 3.65. The van der Waals surface area contributed by atoms with Crippen LogP contribution in [0.5, 0.6) is 0 Å². The number of nitrogens with one attached hydrogen (secondary N) is 1. The van der Waals surface area contributed by atoms with Crippen LogP contribution >= 0.6 is 0 Å². The summed E-state index contributed by atoms with van der Waals surface area (Å²) in [6, 6.07) is -1.19. The molecule has 0 saturated heterocycles. The Morgan fingerprint density at radius 1 is 1.57 bits per heavy atom. The van der Waals surface area contributed by atoms with Crippen LogP contribution in [0, 0.1) is 0 Å². The second-order valence-electron chi connectivity index (χ2n) is 3.24. The average Bonchev–Trinajstić information content (AvgIpc) is 1.99. The van der Waals surface area contributed by atoms with Crippen LogP contribution in [-0.2, 0) is 26.9 Å². The minimum atomic E-state index is -1.20. The van der Waals surface area contributed by atoms with E-state index in [0.29, 0.717) is 0 Å². The monoisotopic (exact) mass is 220 g/mol. The molecule has 6 nitrogen and oxygen atoms in total. The van der Waals surface area contributed by atoms with Crippen LogP contribution < -0.4 is 5.32 Å². The molecule has 0 aromatic carbocycles. The van der Waals surface area contributed by atoms with Gasteiger partial charge in [-0.25, -0.2) is 4.79 Å². The summed E-state index contributed by atoms with van der Waals surface area (Å²) in [5.41, 5.74) is -1.18. The van der Waals surface area contributed by atoms with Crippen molar-refractivity contribution in [3.8, 4) is 0 Å². The number of aliphatic carboxylic acids is 1. The molecule has 0 spiro atoms. The Morgan fingerprint density at radius 2 is 2.07 bits per heavy atom. The van der Waals surface area contributed by atoms with Gasteiger partial charge in [0.25, 0.3) is 0 Å². The fourth-order valence-corrected chi connectivity index (χ4v) is 1.08. The summed E-state index contributed by atoms with van der Waals surface area (Å²) in [5.74, 6) is -1.66. The third-order valence-electron chi connectivity index (χ3n) is 1.56. The summed E-state index contributed by atoms with van der Waals surface area (Å²) in [4.78, 5) is 26.2. The van der Waals surface area contributed by atoms with Crippen molar-refractivity contribution in [2.45, 2.75) is 32.4 Å². The number of hydrogen-bond donors (Lipinski definition) is 2. The van der Waals surface area contributed by atoms with Gasteiger partial charge in [0.1, 0.15) is 0 Å². The van der Waals surface area contributed by atoms with Crippen molar-refractivity contribution in [3.63, 3.8) is 0 Å². The molecule has 1 unspecified atom stereocenters. The number of amides is 1. The topological polar surface area (TPSA) is 88.0 Å². The Balaban J connectivity index is 4.71. The lowest BCUT2D eigenvalue weighted by Gasteiger charge is -2.28. The molecule has 0 fully saturated rings. The predicted octanol–water partition coefficient (Wildman–Crippen LogP) is 0.0164.